The number of aryl methyl sites for hydroxylation is 1. The molecule has 1 unspecified atom stereocenters. The van der Waals surface area contributed by atoms with Crippen LogP contribution in [0.4, 0.5) is 11.4 Å². The molecular formula is C14H21N3O3. The Bertz CT molecular complexity index is 477. The maximum atomic E-state index is 11.0. The quantitative estimate of drug-likeness (QED) is 0.654. The Morgan fingerprint density at radius 2 is 2.35 bits per heavy atom. The minimum absolute atomic E-state index is 0.203. The first-order valence-corrected chi connectivity index (χ1v) is 6.91. The van der Waals surface area contributed by atoms with Gasteiger partial charge in [0.2, 0.25) is 0 Å². The van der Waals surface area contributed by atoms with Crippen molar-refractivity contribution in [3.8, 4) is 0 Å². The van der Waals surface area contributed by atoms with E-state index in [2.05, 4.69) is 10.2 Å². The fourth-order valence-electron chi connectivity index (χ4n) is 2.65. The average molecular weight is 279 g/mol. The fraction of sp³-hybridized carbons (Fsp3) is 0.571. The highest BCUT2D eigenvalue weighted by Gasteiger charge is 2.24. The van der Waals surface area contributed by atoms with Crippen LogP contribution in [0.5, 0.6) is 0 Å². The highest BCUT2D eigenvalue weighted by molar-refractivity contribution is 5.56. The zero-order chi connectivity index (χ0) is 14.5. The van der Waals surface area contributed by atoms with Gasteiger partial charge in [-0.1, -0.05) is 6.92 Å². The zero-order valence-electron chi connectivity index (χ0n) is 12.0. The molecule has 0 aliphatic carbocycles. The molecule has 110 valence electrons. The van der Waals surface area contributed by atoms with Crippen molar-refractivity contribution in [1.82, 2.24) is 5.32 Å². The molecule has 0 spiro atoms. The van der Waals surface area contributed by atoms with Gasteiger partial charge in [-0.3, -0.25) is 10.1 Å². The van der Waals surface area contributed by atoms with Crippen molar-refractivity contribution in [2.45, 2.75) is 19.4 Å². The van der Waals surface area contributed by atoms with Crippen LogP contribution < -0.4 is 10.2 Å². The van der Waals surface area contributed by atoms with Gasteiger partial charge in [0.1, 0.15) is 0 Å². The van der Waals surface area contributed by atoms with Crippen molar-refractivity contribution < 1.29 is 9.66 Å². The maximum Gasteiger partial charge on any atom is 0.272 e. The number of piperazine rings is 1. The second-order valence-corrected chi connectivity index (χ2v) is 4.93. The summed E-state index contributed by atoms with van der Waals surface area (Å²) >= 11 is 0. The minimum atomic E-state index is -0.312. The van der Waals surface area contributed by atoms with Crippen LogP contribution in [0.15, 0.2) is 18.2 Å². The van der Waals surface area contributed by atoms with E-state index in [0.717, 1.165) is 30.9 Å². The third kappa shape index (κ3) is 3.08. The van der Waals surface area contributed by atoms with E-state index in [-0.39, 0.29) is 16.7 Å². The lowest BCUT2D eigenvalue weighted by Crippen LogP contribution is -2.53. The van der Waals surface area contributed by atoms with Crippen LogP contribution in [0.1, 0.15) is 12.5 Å². The summed E-state index contributed by atoms with van der Waals surface area (Å²) in [5, 5.41) is 14.3. The lowest BCUT2D eigenvalue weighted by molar-refractivity contribution is -0.385. The summed E-state index contributed by atoms with van der Waals surface area (Å²) in [5.41, 5.74) is 2.02. The molecule has 0 saturated carbocycles. The van der Waals surface area contributed by atoms with Crippen LogP contribution in [0.25, 0.3) is 0 Å². The first-order chi connectivity index (χ1) is 9.67. The molecule has 20 heavy (non-hydrogen) atoms. The van der Waals surface area contributed by atoms with Gasteiger partial charge >= 0.3 is 0 Å². The zero-order valence-corrected chi connectivity index (χ0v) is 12.0. The number of nitro groups is 1. The molecule has 0 bridgehead atoms. The highest BCUT2D eigenvalue weighted by atomic mass is 16.6. The van der Waals surface area contributed by atoms with Gasteiger partial charge in [0.15, 0.2) is 0 Å². The monoisotopic (exact) mass is 279 g/mol. The Morgan fingerprint density at radius 3 is 3.00 bits per heavy atom. The summed E-state index contributed by atoms with van der Waals surface area (Å²) in [6, 6.07) is 5.65. The molecule has 6 nitrogen and oxygen atoms in total. The van der Waals surface area contributed by atoms with Crippen LogP contribution in [0.2, 0.25) is 0 Å². The number of hydrogen-bond donors (Lipinski definition) is 1. The molecule has 1 heterocycles. The summed E-state index contributed by atoms with van der Waals surface area (Å²) in [6.07, 6.45) is 0.658. The molecular weight excluding hydrogens is 258 g/mol. The average Bonchev–Trinajstić information content (AvgIpc) is 2.47. The van der Waals surface area contributed by atoms with E-state index >= 15 is 0 Å². The van der Waals surface area contributed by atoms with Crippen molar-refractivity contribution in [2.75, 3.05) is 38.3 Å². The van der Waals surface area contributed by atoms with Crippen molar-refractivity contribution in [2.24, 2.45) is 0 Å². The van der Waals surface area contributed by atoms with E-state index in [1.54, 1.807) is 13.2 Å². The van der Waals surface area contributed by atoms with Crippen molar-refractivity contribution in [3.05, 3.63) is 33.9 Å². The van der Waals surface area contributed by atoms with Gasteiger partial charge in [0.25, 0.3) is 5.69 Å². The third-order valence-electron chi connectivity index (χ3n) is 3.68. The topological polar surface area (TPSA) is 67.6 Å². The molecule has 6 heteroatoms. The molecule has 1 fully saturated rings. The number of nitrogens with zero attached hydrogens (tertiary/aromatic N) is 2. The van der Waals surface area contributed by atoms with Gasteiger partial charge in [-0.25, -0.2) is 0 Å². The number of nitrogens with one attached hydrogen (secondary N) is 1. The highest BCUT2D eigenvalue weighted by Crippen LogP contribution is 2.27. The summed E-state index contributed by atoms with van der Waals surface area (Å²) < 4.78 is 5.26. The van der Waals surface area contributed by atoms with E-state index < -0.39 is 0 Å². The van der Waals surface area contributed by atoms with Gasteiger partial charge < -0.3 is 15.0 Å². The molecule has 0 aromatic heterocycles. The van der Waals surface area contributed by atoms with Gasteiger partial charge in [-0.2, -0.15) is 0 Å². The van der Waals surface area contributed by atoms with Crippen LogP contribution in [-0.4, -0.2) is 44.3 Å². The van der Waals surface area contributed by atoms with Crippen LogP contribution in [-0.2, 0) is 11.2 Å². The van der Waals surface area contributed by atoms with Crippen LogP contribution >= 0.6 is 0 Å². The summed E-state index contributed by atoms with van der Waals surface area (Å²) in [4.78, 5) is 13.0. The van der Waals surface area contributed by atoms with Gasteiger partial charge in [0, 0.05) is 44.1 Å². The number of rotatable bonds is 5. The smallest absolute Gasteiger partial charge is 0.272 e. The minimum Gasteiger partial charge on any atom is -0.383 e. The summed E-state index contributed by atoms with van der Waals surface area (Å²) in [7, 11) is 1.69. The Balaban J connectivity index is 2.28. The van der Waals surface area contributed by atoms with Gasteiger partial charge in [-0.15, -0.1) is 0 Å². The second kappa shape index (κ2) is 6.67. The Labute approximate surface area is 118 Å². The second-order valence-electron chi connectivity index (χ2n) is 4.93. The molecule has 1 N–H and O–H groups in total. The van der Waals surface area contributed by atoms with E-state index in [1.165, 1.54) is 0 Å². The Kier molecular flexibility index (Phi) is 4.92. The molecule has 1 aromatic carbocycles. The number of ether oxygens (including phenoxy) is 1. The van der Waals surface area contributed by atoms with Crippen molar-refractivity contribution in [3.63, 3.8) is 0 Å². The Morgan fingerprint density at radius 1 is 1.55 bits per heavy atom. The van der Waals surface area contributed by atoms with Crippen molar-refractivity contribution >= 4 is 11.4 Å². The lowest BCUT2D eigenvalue weighted by Gasteiger charge is -2.37. The number of benzene rings is 1. The van der Waals surface area contributed by atoms with Gasteiger partial charge in [0.05, 0.1) is 17.6 Å². The summed E-state index contributed by atoms with van der Waals surface area (Å²) in [6.45, 7) is 5.25. The van der Waals surface area contributed by atoms with E-state index in [1.807, 2.05) is 19.1 Å². The first-order valence-electron chi connectivity index (χ1n) is 6.91. The van der Waals surface area contributed by atoms with E-state index in [9.17, 15) is 10.1 Å². The molecule has 1 atom stereocenters. The fourth-order valence-corrected chi connectivity index (χ4v) is 2.65. The molecule has 1 aliphatic rings. The SMILES string of the molecule is CCc1cc(N2CCNCC2COC)ccc1[N+](=O)[O-]. The summed E-state index contributed by atoms with van der Waals surface area (Å²) in [5.74, 6) is 0. The number of hydrogen-bond acceptors (Lipinski definition) is 5. The Hall–Kier alpha value is -1.66. The van der Waals surface area contributed by atoms with Gasteiger partial charge in [-0.05, 0) is 18.6 Å². The first kappa shape index (κ1) is 14.7. The number of anilines is 1. The molecule has 1 aromatic rings. The van der Waals surface area contributed by atoms with Crippen LogP contribution in [0.3, 0.4) is 0 Å². The number of methoxy groups -OCH3 is 1. The maximum absolute atomic E-state index is 11.0. The van der Waals surface area contributed by atoms with E-state index in [0.29, 0.717) is 13.0 Å². The predicted octanol–water partition coefficient (Wildman–Crippen LogP) is 1.58. The molecule has 2 rings (SSSR count). The molecule has 1 saturated heterocycles. The van der Waals surface area contributed by atoms with E-state index in [4.69, 9.17) is 4.74 Å². The molecule has 1 aliphatic heterocycles. The molecule has 0 radical (unpaired) electrons. The number of nitro benzene ring substituents is 1. The third-order valence-corrected chi connectivity index (χ3v) is 3.68. The lowest BCUT2D eigenvalue weighted by atomic mass is 10.1. The standard InChI is InChI=1S/C14H21N3O3/c1-3-11-8-12(4-5-14(11)17(18)19)16-7-6-15-9-13(16)10-20-2/h4-5,8,13,15H,3,6-7,9-10H2,1-2H3. The van der Waals surface area contributed by atoms with Crippen LogP contribution in [0, 0.1) is 10.1 Å². The normalized spacial score (nSPS) is 19.1. The largest absolute Gasteiger partial charge is 0.383 e. The molecule has 0 amide bonds. The van der Waals surface area contributed by atoms with Crippen molar-refractivity contribution in [1.29, 1.82) is 0 Å². The predicted molar refractivity (Wildman–Crippen MR) is 78.4 cm³/mol.